The molecule has 0 aliphatic heterocycles. The van der Waals surface area contributed by atoms with Gasteiger partial charge in [0.15, 0.2) is 0 Å². The standard InChI is InChI=1S/C14H15BrN2O2S/c1-9-17-8-12(20-9)7-16-6-11-4-3-10(5-13(11)15)14(18)19-2/h3-5,8,16H,6-7H2,1-2H3. The largest absolute Gasteiger partial charge is 0.465 e. The molecule has 0 unspecified atom stereocenters. The van der Waals surface area contributed by atoms with Gasteiger partial charge in [0.2, 0.25) is 0 Å². The SMILES string of the molecule is COC(=O)c1ccc(CNCc2cnc(C)s2)c(Br)c1. The minimum absolute atomic E-state index is 0.328. The minimum Gasteiger partial charge on any atom is -0.465 e. The molecule has 0 amide bonds. The van der Waals surface area contributed by atoms with E-state index >= 15 is 0 Å². The van der Waals surface area contributed by atoms with Gasteiger partial charge in [-0.1, -0.05) is 22.0 Å². The van der Waals surface area contributed by atoms with Crippen molar-refractivity contribution >= 4 is 33.2 Å². The molecule has 0 fully saturated rings. The van der Waals surface area contributed by atoms with Crippen molar-refractivity contribution < 1.29 is 9.53 Å². The summed E-state index contributed by atoms with van der Waals surface area (Å²) in [7, 11) is 1.38. The molecule has 1 aromatic carbocycles. The number of carbonyl (C=O) groups is 1. The van der Waals surface area contributed by atoms with E-state index in [1.165, 1.54) is 12.0 Å². The number of ether oxygens (including phenoxy) is 1. The minimum atomic E-state index is -0.328. The Morgan fingerprint density at radius 2 is 2.25 bits per heavy atom. The van der Waals surface area contributed by atoms with Crippen LogP contribution in [0.15, 0.2) is 28.9 Å². The van der Waals surface area contributed by atoms with Crippen LogP contribution in [0.25, 0.3) is 0 Å². The van der Waals surface area contributed by atoms with Crippen LogP contribution in [-0.4, -0.2) is 18.1 Å². The highest BCUT2D eigenvalue weighted by atomic mass is 79.9. The van der Waals surface area contributed by atoms with Crippen LogP contribution >= 0.6 is 27.3 Å². The normalized spacial score (nSPS) is 10.6. The van der Waals surface area contributed by atoms with E-state index in [2.05, 4.69) is 26.2 Å². The number of benzene rings is 1. The Morgan fingerprint density at radius 1 is 1.45 bits per heavy atom. The molecule has 6 heteroatoms. The number of aromatic nitrogens is 1. The number of halogens is 1. The summed E-state index contributed by atoms with van der Waals surface area (Å²) in [5.41, 5.74) is 1.64. The van der Waals surface area contributed by atoms with Gasteiger partial charge in [-0.05, 0) is 24.6 Å². The van der Waals surface area contributed by atoms with Crippen LogP contribution in [0.3, 0.4) is 0 Å². The molecule has 1 N–H and O–H groups in total. The number of thiazole rings is 1. The molecule has 0 bridgehead atoms. The van der Waals surface area contributed by atoms with Crippen LogP contribution in [0.4, 0.5) is 0 Å². The Bertz CT molecular complexity index is 613. The van der Waals surface area contributed by atoms with E-state index in [0.717, 1.165) is 28.1 Å². The number of methoxy groups -OCH3 is 1. The topological polar surface area (TPSA) is 51.2 Å². The number of rotatable bonds is 5. The predicted octanol–water partition coefficient (Wildman–Crippen LogP) is 3.29. The molecule has 0 spiro atoms. The van der Waals surface area contributed by atoms with Crippen LogP contribution in [0.2, 0.25) is 0 Å². The zero-order chi connectivity index (χ0) is 14.5. The van der Waals surface area contributed by atoms with Crippen LogP contribution in [-0.2, 0) is 17.8 Å². The molecule has 20 heavy (non-hydrogen) atoms. The summed E-state index contributed by atoms with van der Waals surface area (Å²) >= 11 is 5.17. The second-order valence-electron chi connectivity index (χ2n) is 4.25. The van der Waals surface area contributed by atoms with Crippen LogP contribution in [0.5, 0.6) is 0 Å². The first-order chi connectivity index (χ1) is 9.60. The molecule has 0 saturated carbocycles. The van der Waals surface area contributed by atoms with Crippen LogP contribution < -0.4 is 5.32 Å². The van der Waals surface area contributed by atoms with Crippen LogP contribution in [0, 0.1) is 6.92 Å². The smallest absolute Gasteiger partial charge is 0.337 e. The van der Waals surface area contributed by atoms with Gasteiger partial charge in [-0.15, -0.1) is 11.3 Å². The number of nitrogens with zero attached hydrogens (tertiary/aromatic N) is 1. The molecule has 0 aliphatic carbocycles. The second kappa shape index (κ2) is 6.97. The van der Waals surface area contributed by atoms with E-state index in [9.17, 15) is 4.79 Å². The summed E-state index contributed by atoms with van der Waals surface area (Å²) in [6, 6.07) is 5.46. The number of aryl methyl sites for hydroxylation is 1. The first-order valence-electron chi connectivity index (χ1n) is 6.09. The van der Waals surface area contributed by atoms with Gasteiger partial charge in [-0.3, -0.25) is 0 Å². The van der Waals surface area contributed by atoms with E-state index in [-0.39, 0.29) is 5.97 Å². The van der Waals surface area contributed by atoms with E-state index < -0.39 is 0 Å². The van der Waals surface area contributed by atoms with E-state index in [0.29, 0.717) is 5.56 Å². The van der Waals surface area contributed by atoms with Crippen molar-refractivity contribution in [2.45, 2.75) is 20.0 Å². The summed E-state index contributed by atoms with van der Waals surface area (Å²) < 4.78 is 5.59. The van der Waals surface area contributed by atoms with Crippen LogP contribution in [0.1, 0.15) is 25.8 Å². The number of nitrogens with one attached hydrogen (secondary N) is 1. The first kappa shape index (κ1) is 15.2. The third kappa shape index (κ3) is 3.88. The van der Waals surface area contributed by atoms with Crippen molar-refractivity contribution in [2.75, 3.05) is 7.11 Å². The maximum Gasteiger partial charge on any atom is 0.337 e. The van der Waals surface area contributed by atoms with Gasteiger partial charge in [0.05, 0.1) is 17.7 Å². The van der Waals surface area contributed by atoms with Gasteiger partial charge >= 0.3 is 5.97 Å². The summed E-state index contributed by atoms with van der Waals surface area (Å²) in [6.07, 6.45) is 1.89. The molecule has 2 rings (SSSR count). The Hall–Kier alpha value is -1.24. The molecule has 0 saturated heterocycles. The summed E-state index contributed by atoms with van der Waals surface area (Å²) in [4.78, 5) is 16.8. The lowest BCUT2D eigenvalue weighted by molar-refractivity contribution is 0.0600. The summed E-state index contributed by atoms with van der Waals surface area (Å²) in [6.45, 7) is 3.51. The van der Waals surface area contributed by atoms with Crippen molar-refractivity contribution in [2.24, 2.45) is 0 Å². The summed E-state index contributed by atoms with van der Waals surface area (Å²) in [5.74, 6) is -0.328. The number of carbonyl (C=O) groups excluding carboxylic acids is 1. The Balaban J connectivity index is 1.94. The zero-order valence-electron chi connectivity index (χ0n) is 11.3. The number of esters is 1. The molecule has 1 aromatic heterocycles. The molecule has 0 aliphatic rings. The first-order valence-corrected chi connectivity index (χ1v) is 7.70. The van der Waals surface area contributed by atoms with E-state index in [1.54, 1.807) is 23.5 Å². The highest BCUT2D eigenvalue weighted by molar-refractivity contribution is 9.10. The maximum atomic E-state index is 11.4. The Kier molecular flexibility index (Phi) is 5.28. The van der Waals surface area contributed by atoms with E-state index in [1.807, 2.05) is 19.2 Å². The van der Waals surface area contributed by atoms with Gasteiger partial charge < -0.3 is 10.1 Å². The highest BCUT2D eigenvalue weighted by Gasteiger charge is 2.08. The molecular weight excluding hydrogens is 340 g/mol. The highest BCUT2D eigenvalue weighted by Crippen LogP contribution is 2.19. The van der Waals surface area contributed by atoms with Crippen molar-refractivity contribution in [1.29, 1.82) is 0 Å². The molecule has 106 valence electrons. The lowest BCUT2D eigenvalue weighted by atomic mass is 10.1. The molecule has 4 nitrogen and oxygen atoms in total. The fraction of sp³-hybridized carbons (Fsp3) is 0.286. The lowest BCUT2D eigenvalue weighted by Gasteiger charge is -2.07. The van der Waals surface area contributed by atoms with Gasteiger partial charge in [0.1, 0.15) is 0 Å². The third-order valence-corrected chi connectivity index (χ3v) is 4.41. The van der Waals surface area contributed by atoms with Crippen molar-refractivity contribution in [3.8, 4) is 0 Å². The predicted molar refractivity (Wildman–Crippen MR) is 82.9 cm³/mol. The van der Waals surface area contributed by atoms with E-state index in [4.69, 9.17) is 4.74 Å². The molecule has 2 aromatic rings. The fourth-order valence-corrected chi connectivity index (χ4v) is 3.03. The molecule has 1 heterocycles. The average molecular weight is 355 g/mol. The van der Waals surface area contributed by atoms with Crippen molar-refractivity contribution in [3.05, 3.63) is 49.9 Å². The fourth-order valence-electron chi connectivity index (χ4n) is 1.74. The zero-order valence-corrected chi connectivity index (χ0v) is 13.7. The Morgan fingerprint density at radius 3 is 2.85 bits per heavy atom. The number of hydrogen-bond acceptors (Lipinski definition) is 5. The molecular formula is C14H15BrN2O2S. The van der Waals surface area contributed by atoms with Crippen molar-refractivity contribution in [3.63, 3.8) is 0 Å². The van der Waals surface area contributed by atoms with Gasteiger partial charge in [-0.25, -0.2) is 9.78 Å². The lowest BCUT2D eigenvalue weighted by Crippen LogP contribution is -2.12. The summed E-state index contributed by atoms with van der Waals surface area (Å²) in [5, 5.41) is 4.43. The van der Waals surface area contributed by atoms with Gasteiger partial charge in [-0.2, -0.15) is 0 Å². The van der Waals surface area contributed by atoms with Crippen molar-refractivity contribution in [1.82, 2.24) is 10.3 Å². The van der Waals surface area contributed by atoms with Gasteiger partial charge in [0.25, 0.3) is 0 Å². The van der Waals surface area contributed by atoms with Gasteiger partial charge in [0, 0.05) is 28.6 Å². The third-order valence-electron chi connectivity index (χ3n) is 2.76. The molecule has 0 radical (unpaired) electrons. The monoisotopic (exact) mass is 354 g/mol. The quantitative estimate of drug-likeness (QED) is 0.837. The average Bonchev–Trinajstić information content (AvgIpc) is 2.85. The number of hydrogen-bond donors (Lipinski definition) is 1. The maximum absolute atomic E-state index is 11.4. The second-order valence-corrected chi connectivity index (χ2v) is 6.42. The Labute approximate surface area is 130 Å². The molecule has 0 atom stereocenters.